The zero-order valence-electron chi connectivity index (χ0n) is 15.2. The summed E-state index contributed by atoms with van der Waals surface area (Å²) < 4.78 is 65.2. The number of nitrogens with one attached hydrogen (secondary N) is 2. The van der Waals surface area contributed by atoms with Crippen molar-refractivity contribution >= 4 is 18.3 Å². The fourth-order valence-electron chi connectivity index (χ4n) is 3.45. The van der Waals surface area contributed by atoms with E-state index < -0.39 is 29.3 Å². The zero-order chi connectivity index (χ0) is 20.3. The van der Waals surface area contributed by atoms with Gasteiger partial charge in [-0.15, -0.1) is 12.4 Å². The van der Waals surface area contributed by atoms with Crippen LogP contribution in [0.1, 0.15) is 29.0 Å². The van der Waals surface area contributed by atoms with Crippen molar-refractivity contribution in [2.24, 2.45) is 0 Å². The van der Waals surface area contributed by atoms with Gasteiger partial charge in [-0.2, -0.15) is 13.2 Å². The Labute approximate surface area is 171 Å². The highest BCUT2D eigenvalue weighted by Gasteiger charge is 2.31. The highest BCUT2D eigenvalue weighted by atomic mass is 35.5. The lowest BCUT2D eigenvalue weighted by Gasteiger charge is -2.33. The van der Waals surface area contributed by atoms with Gasteiger partial charge in [0.2, 0.25) is 5.91 Å². The number of carbonyl (C=O) groups excluding carboxylic acids is 1. The number of hydrogen-bond donors (Lipinski definition) is 2. The minimum Gasteiger partial charge on any atom is -0.351 e. The van der Waals surface area contributed by atoms with E-state index in [1.54, 1.807) is 0 Å². The third-order valence-electron chi connectivity index (χ3n) is 4.82. The summed E-state index contributed by atoms with van der Waals surface area (Å²) in [7, 11) is 0. The van der Waals surface area contributed by atoms with Gasteiger partial charge >= 0.3 is 6.18 Å². The largest absolute Gasteiger partial charge is 0.416 e. The van der Waals surface area contributed by atoms with E-state index in [0.717, 1.165) is 24.3 Å². The molecule has 0 saturated carbocycles. The normalized spacial score (nSPS) is 19.3. The van der Waals surface area contributed by atoms with Crippen molar-refractivity contribution in [3.8, 4) is 0 Å². The van der Waals surface area contributed by atoms with Crippen LogP contribution < -0.4 is 10.6 Å². The van der Waals surface area contributed by atoms with Crippen molar-refractivity contribution in [1.29, 1.82) is 0 Å². The number of piperidine rings is 1. The van der Waals surface area contributed by atoms with E-state index in [4.69, 9.17) is 0 Å². The lowest BCUT2D eigenvalue weighted by atomic mass is 9.86. The Morgan fingerprint density at radius 1 is 1.10 bits per heavy atom. The summed E-state index contributed by atoms with van der Waals surface area (Å²) in [5, 5.41) is 5.94. The molecule has 0 bridgehead atoms. The van der Waals surface area contributed by atoms with Gasteiger partial charge in [0.15, 0.2) is 11.6 Å². The Morgan fingerprint density at radius 2 is 1.86 bits per heavy atom. The third kappa shape index (κ3) is 5.90. The summed E-state index contributed by atoms with van der Waals surface area (Å²) in [4.78, 5) is 12.4. The van der Waals surface area contributed by atoms with Gasteiger partial charge in [0.1, 0.15) is 0 Å². The van der Waals surface area contributed by atoms with Gasteiger partial charge in [-0.3, -0.25) is 4.79 Å². The van der Waals surface area contributed by atoms with Crippen molar-refractivity contribution in [3.63, 3.8) is 0 Å². The molecule has 158 valence electrons. The fourth-order valence-corrected chi connectivity index (χ4v) is 3.45. The predicted molar refractivity (Wildman–Crippen MR) is 101 cm³/mol. The standard InChI is InChI=1S/C20H19F5N2O.ClH/c21-16-5-4-13(10-17(16)22)15-6-7-26-11-18(15)27-19(28)9-12-2-1-3-14(8-12)20(23,24)25;/h1-5,8,10,15,18,26H,6-7,9,11H2,(H,27,28);1H. The molecule has 1 fully saturated rings. The van der Waals surface area contributed by atoms with Gasteiger partial charge in [-0.1, -0.05) is 24.3 Å². The van der Waals surface area contributed by atoms with Gasteiger partial charge in [0.25, 0.3) is 0 Å². The van der Waals surface area contributed by atoms with Crippen LogP contribution in [0, 0.1) is 11.6 Å². The molecular formula is C20H20ClF5N2O. The topological polar surface area (TPSA) is 41.1 Å². The average Bonchev–Trinajstić information content (AvgIpc) is 2.64. The number of carbonyl (C=O) groups is 1. The molecular weight excluding hydrogens is 415 g/mol. The maximum Gasteiger partial charge on any atom is 0.416 e. The first kappa shape index (κ1) is 23.1. The van der Waals surface area contributed by atoms with Crippen LogP contribution in [-0.2, 0) is 17.4 Å². The SMILES string of the molecule is Cl.O=C(Cc1cccc(C(F)(F)F)c1)NC1CNCCC1c1ccc(F)c(F)c1. The molecule has 0 radical (unpaired) electrons. The van der Waals surface area contributed by atoms with Gasteiger partial charge in [0, 0.05) is 18.5 Å². The molecule has 3 nitrogen and oxygen atoms in total. The van der Waals surface area contributed by atoms with Crippen LogP contribution in [-0.4, -0.2) is 25.0 Å². The van der Waals surface area contributed by atoms with Crippen LogP contribution in [0.5, 0.6) is 0 Å². The van der Waals surface area contributed by atoms with Crippen LogP contribution in [0.2, 0.25) is 0 Å². The molecule has 3 rings (SSSR count). The van der Waals surface area contributed by atoms with Crippen molar-refractivity contribution in [1.82, 2.24) is 10.6 Å². The molecule has 0 aromatic heterocycles. The highest BCUT2D eigenvalue weighted by Crippen LogP contribution is 2.30. The maximum atomic E-state index is 13.6. The number of benzene rings is 2. The minimum absolute atomic E-state index is 0. The molecule has 1 saturated heterocycles. The molecule has 1 aliphatic rings. The number of alkyl halides is 3. The van der Waals surface area contributed by atoms with Crippen molar-refractivity contribution in [2.45, 2.75) is 31.0 Å². The van der Waals surface area contributed by atoms with Gasteiger partial charge < -0.3 is 10.6 Å². The van der Waals surface area contributed by atoms with Gasteiger partial charge in [-0.05, 0) is 42.3 Å². The van der Waals surface area contributed by atoms with E-state index in [1.165, 1.54) is 18.2 Å². The quantitative estimate of drug-likeness (QED) is 0.708. The number of amides is 1. The zero-order valence-corrected chi connectivity index (χ0v) is 16.0. The van der Waals surface area contributed by atoms with E-state index >= 15 is 0 Å². The lowest BCUT2D eigenvalue weighted by Crippen LogP contribution is -2.50. The Bertz CT molecular complexity index is 859. The monoisotopic (exact) mass is 434 g/mol. The minimum atomic E-state index is -4.47. The van der Waals surface area contributed by atoms with Gasteiger partial charge in [-0.25, -0.2) is 8.78 Å². The maximum absolute atomic E-state index is 13.6. The molecule has 29 heavy (non-hydrogen) atoms. The number of halogens is 6. The first-order chi connectivity index (χ1) is 13.2. The second kappa shape index (κ2) is 9.54. The molecule has 1 amide bonds. The Kier molecular flexibility index (Phi) is 7.60. The Balaban J connectivity index is 0.00000300. The van der Waals surface area contributed by atoms with E-state index in [9.17, 15) is 26.7 Å². The third-order valence-corrected chi connectivity index (χ3v) is 4.82. The Hall–Kier alpha value is -2.19. The van der Waals surface area contributed by atoms with Crippen LogP contribution in [0.3, 0.4) is 0 Å². The van der Waals surface area contributed by atoms with E-state index in [1.807, 2.05) is 0 Å². The summed E-state index contributed by atoms with van der Waals surface area (Å²) in [6, 6.07) is 7.90. The fraction of sp³-hybridized carbons (Fsp3) is 0.350. The lowest BCUT2D eigenvalue weighted by molar-refractivity contribution is -0.137. The van der Waals surface area contributed by atoms with Crippen LogP contribution >= 0.6 is 12.4 Å². The molecule has 9 heteroatoms. The Morgan fingerprint density at radius 3 is 2.55 bits per heavy atom. The second-order valence-electron chi connectivity index (χ2n) is 6.82. The smallest absolute Gasteiger partial charge is 0.351 e. The summed E-state index contributed by atoms with van der Waals surface area (Å²) >= 11 is 0. The van der Waals surface area contributed by atoms with E-state index in [0.29, 0.717) is 25.1 Å². The second-order valence-corrected chi connectivity index (χ2v) is 6.82. The summed E-state index contributed by atoms with van der Waals surface area (Å²) in [6.07, 6.45) is -4.07. The van der Waals surface area contributed by atoms with Gasteiger partial charge in [0.05, 0.1) is 12.0 Å². The van der Waals surface area contributed by atoms with Crippen molar-refractivity contribution in [3.05, 3.63) is 70.8 Å². The van der Waals surface area contributed by atoms with Crippen molar-refractivity contribution < 1.29 is 26.7 Å². The predicted octanol–water partition coefficient (Wildman–Crippen LogP) is 4.21. The van der Waals surface area contributed by atoms with Crippen LogP contribution in [0.25, 0.3) is 0 Å². The first-order valence-corrected chi connectivity index (χ1v) is 8.85. The molecule has 2 aromatic rings. The number of rotatable bonds is 4. The van der Waals surface area contributed by atoms with Crippen LogP contribution in [0.4, 0.5) is 22.0 Å². The molecule has 0 aliphatic carbocycles. The molecule has 1 aliphatic heterocycles. The molecule has 2 atom stereocenters. The molecule has 2 aromatic carbocycles. The molecule has 2 N–H and O–H groups in total. The van der Waals surface area contributed by atoms with E-state index in [-0.39, 0.29) is 36.4 Å². The summed E-state index contributed by atoms with van der Waals surface area (Å²) in [5.74, 6) is -2.55. The van der Waals surface area contributed by atoms with Crippen LogP contribution in [0.15, 0.2) is 42.5 Å². The highest BCUT2D eigenvalue weighted by molar-refractivity contribution is 5.85. The molecule has 2 unspecified atom stereocenters. The summed E-state index contributed by atoms with van der Waals surface area (Å²) in [5.41, 5.74) is 0.0158. The molecule has 1 heterocycles. The summed E-state index contributed by atoms with van der Waals surface area (Å²) in [6.45, 7) is 1.08. The van der Waals surface area contributed by atoms with Crippen molar-refractivity contribution in [2.75, 3.05) is 13.1 Å². The average molecular weight is 435 g/mol. The first-order valence-electron chi connectivity index (χ1n) is 8.85. The number of hydrogen-bond acceptors (Lipinski definition) is 2. The molecule has 0 spiro atoms. The van der Waals surface area contributed by atoms with E-state index in [2.05, 4.69) is 10.6 Å².